The maximum atomic E-state index is 13.3. The monoisotopic (exact) mass is 351 g/mol. The second-order valence-corrected chi connectivity index (χ2v) is 6.69. The molecule has 3 unspecified atom stereocenters. The zero-order valence-corrected chi connectivity index (χ0v) is 14.2. The van der Waals surface area contributed by atoms with Gasteiger partial charge in [-0.25, -0.2) is 4.39 Å². The lowest BCUT2D eigenvalue weighted by Crippen LogP contribution is -2.25. The van der Waals surface area contributed by atoms with Gasteiger partial charge in [-0.1, -0.05) is 30.3 Å². The summed E-state index contributed by atoms with van der Waals surface area (Å²) in [6, 6.07) is 13.7. The average Bonchev–Trinajstić information content (AvgIpc) is 3.33. The van der Waals surface area contributed by atoms with Crippen molar-refractivity contribution >= 4 is 22.7 Å². The molecule has 1 N–H and O–H groups in total. The van der Waals surface area contributed by atoms with Crippen molar-refractivity contribution in [1.82, 2.24) is 4.98 Å². The molecule has 4 nitrogen and oxygen atoms in total. The van der Waals surface area contributed by atoms with E-state index in [1.54, 1.807) is 19.2 Å². The topological polar surface area (TPSA) is 59.2 Å². The number of aromatic nitrogens is 1. The van der Waals surface area contributed by atoms with Crippen LogP contribution in [0.5, 0.6) is 0 Å². The highest BCUT2D eigenvalue weighted by Crippen LogP contribution is 2.48. The molecule has 1 fully saturated rings. The summed E-state index contributed by atoms with van der Waals surface area (Å²) in [5, 5.41) is 0.810. The largest absolute Gasteiger partial charge is 0.454 e. The quantitative estimate of drug-likeness (QED) is 0.553. The summed E-state index contributed by atoms with van der Waals surface area (Å²) in [4.78, 5) is 28.0. The minimum atomic E-state index is -0.865. The van der Waals surface area contributed by atoms with Crippen molar-refractivity contribution in [2.45, 2.75) is 25.4 Å². The summed E-state index contributed by atoms with van der Waals surface area (Å²) in [6.45, 7) is 1.58. The number of fused-ring (bicyclic) bond motifs is 1. The van der Waals surface area contributed by atoms with Crippen LogP contribution in [0.2, 0.25) is 0 Å². The maximum Gasteiger partial charge on any atom is 0.310 e. The van der Waals surface area contributed by atoms with Gasteiger partial charge in [-0.2, -0.15) is 0 Å². The number of hydrogen-bond donors (Lipinski definition) is 1. The molecule has 0 bridgehead atoms. The second kappa shape index (κ2) is 6.41. The summed E-state index contributed by atoms with van der Waals surface area (Å²) in [5.74, 6) is -1.30. The molecule has 1 aliphatic carbocycles. The molecule has 2 aromatic carbocycles. The van der Waals surface area contributed by atoms with Crippen molar-refractivity contribution in [1.29, 1.82) is 0 Å². The van der Waals surface area contributed by atoms with Crippen LogP contribution in [0.1, 0.15) is 35.2 Å². The van der Waals surface area contributed by atoms with Gasteiger partial charge in [0.25, 0.3) is 0 Å². The number of benzene rings is 2. The van der Waals surface area contributed by atoms with Crippen LogP contribution >= 0.6 is 0 Å². The van der Waals surface area contributed by atoms with Gasteiger partial charge in [0.1, 0.15) is 5.82 Å². The molecule has 0 saturated heterocycles. The number of para-hydroxylation sites is 1. The first-order valence-corrected chi connectivity index (χ1v) is 8.61. The number of carbonyl (C=O) groups is 2. The van der Waals surface area contributed by atoms with E-state index in [1.807, 2.05) is 30.3 Å². The fourth-order valence-corrected chi connectivity index (χ4v) is 3.37. The van der Waals surface area contributed by atoms with Gasteiger partial charge in [0, 0.05) is 22.7 Å². The van der Waals surface area contributed by atoms with Crippen LogP contribution in [0.3, 0.4) is 0 Å². The van der Waals surface area contributed by atoms with Crippen molar-refractivity contribution in [3.8, 4) is 0 Å². The Balaban J connectivity index is 1.43. The molecule has 3 atom stereocenters. The molecule has 1 saturated carbocycles. The Hall–Kier alpha value is -2.95. The van der Waals surface area contributed by atoms with Crippen molar-refractivity contribution in [3.05, 3.63) is 71.7 Å². The predicted octanol–water partition coefficient (Wildman–Crippen LogP) is 4.23. The fourth-order valence-electron chi connectivity index (χ4n) is 3.37. The molecule has 1 aliphatic rings. The van der Waals surface area contributed by atoms with Crippen LogP contribution in [-0.4, -0.2) is 22.8 Å². The molecule has 1 aromatic heterocycles. The molecule has 0 amide bonds. The lowest BCUT2D eigenvalue weighted by molar-refractivity contribution is -0.148. The van der Waals surface area contributed by atoms with Crippen LogP contribution in [-0.2, 0) is 9.53 Å². The second-order valence-electron chi connectivity index (χ2n) is 6.69. The van der Waals surface area contributed by atoms with Gasteiger partial charge in [0.15, 0.2) is 6.10 Å². The number of hydrogen-bond acceptors (Lipinski definition) is 3. The lowest BCUT2D eigenvalue weighted by Gasteiger charge is -2.12. The number of H-pyrrole nitrogens is 1. The Morgan fingerprint density at radius 3 is 2.81 bits per heavy atom. The molecule has 4 rings (SSSR count). The minimum Gasteiger partial charge on any atom is -0.454 e. The molecule has 132 valence electrons. The first-order valence-electron chi connectivity index (χ1n) is 8.61. The molecule has 3 aromatic rings. The van der Waals surface area contributed by atoms with Crippen molar-refractivity contribution in [3.63, 3.8) is 0 Å². The van der Waals surface area contributed by atoms with Crippen LogP contribution in [0.15, 0.2) is 54.7 Å². The standard InChI is InChI=1S/C21H18FNO3/c1-12(20(24)18-11-23-19-8-3-2-7-15(18)19)26-21(25)17-10-16(17)13-5-4-6-14(22)9-13/h2-9,11-12,16-17,23H,10H2,1H3. The Bertz CT molecular complexity index is 994. The van der Waals surface area contributed by atoms with E-state index in [4.69, 9.17) is 4.74 Å². The third kappa shape index (κ3) is 3.01. The van der Waals surface area contributed by atoms with Crippen LogP contribution < -0.4 is 0 Å². The number of carbonyl (C=O) groups excluding carboxylic acids is 2. The average molecular weight is 351 g/mol. The van der Waals surface area contributed by atoms with Gasteiger partial charge in [-0.05, 0) is 43.0 Å². The van der Waals surface area contributed by atoms with Crippen LogP contribution in [0.25, 0.3) is 10.9 Å². The van der Waals surface area contributed by atoms with E-state index < -0.39 is 12.1 Å². The van der Waals surface area contributed by atoms with Crippen molar-refractivity contribution in [2.75, 3.05) is 0 Å². The van der Waals surface area contributed by atoms with E-state index in [1.165, 1.54) is 12.1 Å². The highest BCUT2D eigenvalue weighted by Gasteiger charge is 2.46. The Morgan fingerprint density at radius 1 is 1.19 bits per heavy atom. The van der Waals surface area contributed by atoms with E-state index in [2.05, 4.69) is 4.98 Å². The van der Waals surface area contributed by atoms with Gasteiger partial charge in [0.2, 0.25) is 5.78 Å². The SMILES string of the molecule is CC(OC(=O)C1CC1c1cccc(F)c1)C(=O)c1c[nH]c2ccccc12. The van der Waals surface area contributed by atoms with Gasteiger partial charge in [-0.3, -0.25) is 9.59 Å². The Morgan fingerprint density at radius 2 is 2.00 bits per heavy atom. The minimum absolute atomic E-state index is 0.0337. The fraction of sp³-hybridized carbons (Fsp3) is 0.238. The molecule has 5 heteroatoms. The summed E-state index contributed by atoms with van der Waals surface area (Å²) in [7, 11) is 0. The first-order chi connectivity index (χ1) is 12.5. The van der Waals surface area contributed by atoms with Gasteiger partial charge in [0.05, 0.1) is 5.92 Å². The number of ketones is 1. The lowest BCUT2D eigenvalue weighted by atomic mass is 10.1. The molecular formula is C21H18FNO3. The molecule has 1 heterocycles. The molecular weight excluding hydrogens is 333 g/mol. The number of esters is 1. The molecule has 0 radical (unpaired) electrons. The van der Waals surface area contributed by atoms with Crippen molar-refractivity contribution in [2.24, 2.45) is 5.92 Å². The van der Waals surface area contributed by atoms with Gasteiger partial charge in [-0.15, -0.1) is 0 Å². The third-order valence-corrected chi connectivity index (χ3v) is 4.89. The number of aromatic amines is 1. The summed E-state index contributed by atoms with van der Waals surface area (Å²) in [6.07, 6.45) is 1.40. The number of halogens is 1. The maximum absolute atomic E-state index is 13.3. The van der Waals surface area contributed by atoms with Gasteiger partial charge >= 0.3 is 5.97 Å². The number of nitrogens with one attached hydrogen (secondary N) is 1. The van der Waals surface area contributed by atoms with Crippen LogP contribution in [0.4, 0.5) is 4.39 Å². The zero-order chi connectivity index (χ0) is 18.3. The van der Waals surface area contributed by atoms with E-state index in [9.17, 15) is 14.0 Å². The Kier molecular flexibility index (Phi) is 4.07. The van der Waals surface area contributed by atoms with Gasteiger partial charge < -0.3 is 9.72 Å². The normalized spacial score (nSPS) is 19.9. The summed E-state index contributed by atoms with van der Waals surface area (Å²) >= 11 is 0. The highest BCUT2D eigenvalue weighted by molar-refractivity contribution is 6.10. The summed E-state index contributed by atoms with van der Waals surface area (Å²) in [5.41, 5.74) is 2.17. The van der Waals surface area contributed by atoms with E-state index >= 15 is 0 Å². The number of rotatable bonds is 5. The Labute approximate surface area is 150 Å². The summed E-state index contributed by atoms with van der Waals surface area (Å²) < 4.78 is 18.7. The van der Waals surface area contributed by atoms with Crippen molar-refractivity contribution < 1.29 is 18.7 Å². The molecule has 26 heavy (non-hydrogen) atoms. The smallest absolute Gasteiger partial charge is 0.310 e. The van der Waals surface area contributed by atoms with Crippen LogP contribution in [0, 0.1) is 11.7 Å². The predicted molar refractivity (Wildman–Crippen MR) is 95.4 cm³/mol. The first kappa shape index (κ1) is 16.5. The third-order valence-electron chi connectivity index (χ3n) is 4.89. The molecule has 0 spiro atoms. The van der Waals surface area contributed by atoms with E-state index in [0.29, 0.717) is 12.0 Å². The molecule has 0 aliphatic heterocycles. The number of Topliss-reactive ketones (excluding diaryl/α,β-unsaturated/α-hetero) is 1. The van der Waals surface area contributed by atoms with E-state index in [-0.39, 0.29) is 23.4 Å². The zero-order valence-electron chi connectivity index (χ0n) is 14.2. The number of ether oxygens (including phenoxy) is 1. The highest BCUT2D eigenvalue weighted by atomic mass is 19.1. The van der Waals surface area contributed by atoms with E-state index in [0.717, 1.165) is 16.5 Å².